The van der Waals surface area contributed by atoms with Crippen LogP contribution in [0.1, 0.15) is 36.5 Å². The van der Waals surface area contributed by atoms with Crippen LogP contribution in [-0.4, -0.2) is 67.2 Å². The van der Waals surface area contributed by atoms with Crippen molar-refractivity contribution >= 4 is 23.3 Å². The second-order valence-corrected chi connectivity index (χ2v) is 7.85. The molecule has 2 heterocycles. The number of piperidine rings is 1. The van der Waals surface area contributed by atoms with Crippen molar-refractivity contribution in [2.45, 2.75) is 32.3 Å². The Bertz CT molecular complexity index is 727. The van der Waals surface area contributed by atoms with Gasteiger partial charge in [-0.3, -0.25) is 4.79 Å². The van der Waals surface area contributed by atoms with Gasteiger partial charge in [0, 0.05) is 36.5 Å². The standard InChI is InChI=1S/C20H27ClN2O5/c1-13(24)3-2-5-23-6-4-14(17(25)12-23)11-22-20(26)16-9-15(21)10-18-19(16)28-8-7-27-18/h9-10,14,17,25H,2-8,11-12H2,1H3,(H,22,26)/t14-,17+/m1/s1. The Labute approximate surface area is 169 Å². The molecule has 2 aliphatic rings. The van der Waals surface area contributed by atoms with E-state index in [-0.39, 0.29) is 17.6 Å². The minimum Gasteiger partial charge on any atom is -0.486 e. The molecule has 154 valence electrons. The van der Waals surface area contributed by atoms with Gasteiger partial charge >= 0.3 is 0 Å². The highest BCUT2D eigenvalue weighted by atomic mass is 35.5. The van der Waals surface area contributed by atoms with E-state index < -0.39 is 6.10 Å². The van der Waals surface area contributed by atoms with E-state index in [0.717, 1.165) is 25.9 Å². The third kappa shape index (κ3) is 5.37. The molecule has 1 amide bonds. The number of β-amino-alcohol motifs (C(OH)–C–C–N with tert-alkyl or cyclic N) is 1. The molecule has 0 aromatic heterocycles. The zero-order valence-corrected chi connectivity index (χ0v) is 16.8. The van der Waals surface area contributed by atoms with Gasteiger partial charge in [0.2, 0.25) is 0 Å². The highest BCUT2D eigenvalue weighted by molar-refractivity contribution is 6.31. The van der Waals surface area contributed by atoms with Gasteiger partial charge in [0.05, 0.1) is 11.7 Å². The summed E-state index contributed by atoms with van der Waals surface area (Å²) in [6.07, 6.45) is 1.65. The molecular weight excluding hydrogens is 384 g/mol. The van der Waals surface area contributed by atoms with Crippen molar-refractivity contribution in [3.05, 3.63) is 22.7 Å². The number of fused-ring (bicyclic) bond motifs is 1. The van der Waals surface area contributed by atoms with Crippen LogP contribution in [-0.2, 0) is 4.79 Å². The first kappa shape index (κ1) is 20.9. The molecule has 0 saturated carbocycles. The fraction of sp³-hybridized carbons (Fsp3) is 0.600. The highest BCUT2D eigenvalue weighted by Crippen LogP contribution is 2.36. The van der Waals surface area contributed by atoms with E-state index in [9.17, 15) is 14.7 Å². The Morgan fingerprint density at radius 3 is 2.86 bits per heavy atom. The molecular formula is C20H27ClN2O5. The zero-order chi connectivity index (χ0) is 20.1. The lowest BCUT2D eigenvalue weighted by Gasteiger charge is -2.36. The third-order valence-corrected chi connectivity index (χ3v) is 5.40. The van der Waals surface area contributed by atoms with Crippen molar-refractivity contribution < 1.29 is 24.2 Å². The third-order valence-electron chi connectivity index (χ3n) is 5.19. The van der Waals surface area contributed by atoms with Crippen molar-refractivity contribution in [3.63, 3.8) is 0 Å². The zero-order valence-electron chi connectivity index (χ0n) is 16.1. The molecule has 1 saturated heterocycles. The number of Topliss-reactive ketones (excluding diaryl/α,β-unsaturated/α-hetero) is 1. The summed E-state index contributed by atoms with van der Waals surface area (Å²) in [7, 11) is 0. The second-order valence-electron chi connectivity index (χ2n) is 7.41. The molecule has 0 bridgehead atoms. The number of aliphatic hydroxyl groups is 1. The van der Waals surface area contributed by atoms with E-state index in [0.29, 0.717) is 54.8 Å². The predicted molar refractivity (Wildman–Crippen MR) is 105 cm³/mol. The number of nitrogens with zero attached hydrogens (tertiary/aromatic N) is 1. The molecule has 3 rings (SSSR count). The maximum absolute atomic E-state index is 12.7. The molecule has 28 heavy (non-hydrogen) atoms. The molecule has 8 heteroatoms. The summed E-state index contributed by atoms with van der Waals surface area (Å²) in [4.78, 5) is 25.9. The first-order chi connectivity index (χ1) is 13.4. The van der Waals surface area contributed by atoms with Gasteiger partial charge in [-0.1, -0.05) is 11.6 Å². The van der Waals surface area contributed by atoms with E-state index in [2.05, 4.69) is 10.2 Å². The van der Waals surface area contributed by atoms with Crippen LogP contribution < -0.4 is 14.8 Å². The quantitative estimate of drug-likeness (QED) is 0.713. The topological polar surface area (TPSA) is 88.1 Å². The van der Waals surface area contributed by atoms with Gasteiger partial charge in [0.15, 0.2) is 11.5 Å². The minimum absolute atomic E-state index is 0.0137. The highest BCUT2D eigenvalue weighted by Gasteiger charge is 2.29. The first-order valence-electron chi connectivity index (χ1n) is 9.71. The molecule has 7 nitrogen and oxygen atoms in total. The molecule has 0 aliphatic carbocycles. The number of rotatable bonds is 7. The van der Waals surface area contributed by atoms with Crippen LogP contribution in [0.2, 0.25) is 5.02 Å². The first-order valence-corrected chi connectivity index (χ1v) is 10.1. The molecule has 1 aromatic carbocycles. The molecule has 0 unspecified atom stereocenters. The summed E-state index contributed by atoms with van der Waals surface area (Å²) in [5.41, 5.74) is 0.346. The number of carbonyl (C=O) groups excluding carboxylic acids is 2. The molecule has 1 fully saturated rings. The van der Waals surface area contributed by atoms with Gasteiger partial charge < -0.3 is 29.6 Å². The summed E-state index contributed by atoms with van der Waals surface area (Å²) in [6.45, 7) is 4.99. The van der Waals surface area contributed by atoms with Gasteiger partial charge in [-0.05, 0) is 38.9 Å². The van der Waals surface area contributed by atoms with Gasteiger partial charge in [0.1, 0.15) is 19.0 Å². The second kappa shape index (κ2) is 9.58. The van der Waals surface area contributed by atoms with Crippen LogP contribution in [0.5, 0.6) is 11.5 Å². The lowest BCUT2D eigenvalue weighted by atomic mass is 9.93. The van der Waals surface area contributed by atoms with Crippen LogP contribution in [0.3, 0.4) is 0 Å². The normalized spacial score (nSPS) is 22.0. The summed E-state index contributed by atoms with van der Waals surface area (Å²) in [5.74, 6) is 0.771. The Morgan fingerprint density at radius 2 is 2.11 bits per heavy atom. The summed E-state index contributed by atoms with van der Waals surface area (Å²) in [6, 6.07) is 3.21. The number of benzene rings is 1. The van der Waals surface area contributed by atoms with Gasteiger partial charge in [-0.25, -0.2) is 0 Å². The maximum Gasteiger partial charge on any atom is 0.255 e. The molecule has 0 spiro atoms. The lowest BCUT2D eigenvalue weighted by molar-refractivity contribution is -0.117. The fourth-order valence-corrected chi connectivity index (χ4v) is 3.85. The fourth-order valence-electron chi connectivity index (χ4n) is 3.65. The minimum atomic E-state index is -0.515. The molecule has 2 N–H and O–H groups in total. The number of aliphatic hydroxyl groups excluding tert-OH is 1. The number of hydrogen-bond acceptors (Lipinski definition) is 6. The van der Waals surface area contributed by atoms with Crippen LogP contribution in [0, 0.1) is 5.92 Å². The summed E-state index contributed by atoms with van der Waals surface area (Å²) < 4.78 is 11.1. The Kier molecular flexibility index (Phi) is 7.15. The molecule has 1 aromatic rings. The number of hydrogen-bond donors (Lipinski definition) is 2. The van der Waals surface area contributed by atoms with Crippen LogP contribution in [0.25, 0.3) is 0 Å². The SMILES string of the molecule is CC(=O)CCCN1CC[C@H](CNC(=O)c2cc(Cl)cc3c2OCCO3)[C@@H](O)C1. The van der Waals surface area contributed by atoms with Crippen molar-refractivity contribution in [1.82, 2.24) is 10.2 Å². The van der Waals surface area contributed by atoms with Crippen molar-refractivity contribution in [2.24, 2.45) is 5.92 Å². The van der Waals surface area contributed by atoms with Gasteiger partial charge in [-0.2, -0.15) is 0 Å². The average Bonchev–Trinajstić information content (AvgIpc) is 2.66. The summed E-state index contributed by atoms with van der Waals surface area (Å²) >= 11 is 6.09. The van der Waals surface area contributed by atoms with Gasteiger partial charge in [-0.15, -0.1) is 0 Å². The van der Waals surface area contributed by atoms with Crippen molar-refractivity contribution in [3.8, 4) is 11.5 Å². The monoisotopic (exact) mass is 410 g/mol. The van der Waals surface area contributed by atoms with E-state index in [1.165, 1.54) is 0 Å². The Morgan fingerprint density at radius 1 is 1.32 bits per heavy atom. The number of likely N-dealkylation sites (tertiary alicyclic amines) is 1. The van der Waals surface area contributed by atoms with E-state index >= 15 is 0 Å². The van der Waals surface area contributed by atoms with Crippen LogP contribution in [0.15, 0.2) is 12.1 Å². The van der Waals surface area contributed by atoms with E-state index in [1.807, 2.05) is 0 Å². The Balaban J connectivity index is 1.52. The number of amides is 1. The molecule has 2 aliphatic heterocycles. The number of carbonyl (C=O) groups is 2. The number of ketones is 1. The lowest BCUT2D eigenvalue weighted by Crippen LogP contribution is -2.47. The Hall–Kier alpha value is -1.83. The van der Waals surface area contributed by atoms with E-state index in [4.69, 9.17) is 21.1 Å². The predicted octanol–water partition coefficient (Wildman–Crippen LogP) is 1.89. The molecule has 2 atom stereocenters. The van der Waals surface area contributed by atoms with Crippen LogP contribution in [0.4, 0.5) is 0 Å². The smallest absolute Gasteiger partial charge is 0.255 e. The van der Waals surface area contributed by atoms with E-state index in [1.54, 1.807) is 19.1 Å². The number of ether oxygens (including phenoxy) is 2. The number of nitrogens with one attached hydrogen (secondary N) is 1. The summed E-state index contributed by atoms with van der Waals surface area (Å²) in [5, 5.41) is 13.7. The number of halogens is 1. The average molecular weight is 411 g/mol. The van der Waals surface area contributed by atoms with Gasteiger partial charge in [0.25, 0.3) is 5.91 Å². The maximum atomic E-state index is 12.7. The van der Waals surface area contributed by atoms with Crippen molar-refractivity contribution in [1.29, 1.82) is 0 Å². The van der Waals surface area contributed by atoms with Crippen molar-refractivity contribution in [2.75, 3.05) is 39.4 Å². The largest absolute Gasteiger partial charge is 0.486 e. The van der Waals surface area contributed by atoms with Crippen LogP contribution >= 0.6 is 11.6 Å². The molecule has 0 radical (unpaired) electrons.